The summed E-state index contributed by atoms with van der Waals surface area (Å²) in [4.78, 5) is 17.5. The van der Waals surface area contributed by atoms with Crippen molar-refractivity contribution < 1.29 is 4.92 Å². The molecular weight excluding hydrogens is 194 g/mol. The van der Waals surface area contributed by atoms with Crippen molar-refractivity contribution in [2.45, 2.75) is 13.8 Å². The molecule has 0 aromatic carbocycles. The van der Waals surface area contributed by atoms with Crippen molar-refractivity contribution in [3.8, 4) is 0 Å². The van der Waals surface area contributed by atoms with E-state index in [1.165, 1.54) is 6.08 Å². The quantitative estimate of drug-likeness (QED) is 0.484. The maximum Gasteiger partial charge on any atom is 0.287 e. The van der Waals surface area contributed by atoms with Crippen LogP contribution in [0, 0.1) is 10.1 Å². The Kier molecular flexibility index (Phi) is 3.91. The zero-order valence-corrected chi connectivity index (χ0v) is 8.80. The van der Waals surface area contributed by atoms with Crippen molar-refractivity contribution in [2.75, 3.05) is 13.1 Å². The Labute approximate surface area is 88.1 Å². The van der Waals surface area contributed by atoms with E-state index in [1.807, 2.05) is 13.0 Å². The minimum absolute atomic E-state index is 0.148. The number of allylic oxidation sites excluding steroid dienone is 2. The summed E-state index contributed by atoms with van der Waals surface area (Å²) in [6.07, 6.45) is 5.59. The molecule has 15 heavy (non-hydrogen) atoms. The Morgan fingerprint density at radius 3 is 2.27 bits per heavy atom. The van der Waals surface area contributed by atoms with Gasteiger partial charge in [-0.05, 0) is 19.9 Å². The standard InChI is InChI=1S/C5H6N2O2.C5H7N/c1-4-5(7(8)9)2-3-6-4;1-5-3-2-4-6-5/h2H,3H2,1H3;2-3H,4H2,1H3. The average molecular weight is 207 g/mol. The lowest BCUT2D eigenvalue weighted by Crippen LogP contribution is -2.03. The largest absolute Gasteiger partial charge is 0.287 e. The van der Waals surface area contributed by atoms with Gasteiger partial charge in [0.2, 0.25) is 0 Å². The highest BCUT2D eigenvalue weighted by molar-refractivity contribution is 5.97. The number of hydrogen-bond donors (Lipinski definition) is 0. The summed E-state index contributed by atoms with van der Waals surface area (Å²) in [5, 5.41) is 10.1. The van der Waals surface area contributed by atoms with Gasteiger partial charge in [0, 0.05) is 11.8 Å². The molecule has 0 aromatic heterocycles. The first-order valence-corrected chi connectivity index (χ1v) is 4.65. The van der Waals surface area contributed by atoms with Crippen LogP contribution in [0.2, 0.25) is 0 Å². The number of hydrogen-bond acceptors (Lipinski definition) is 4. The molecule has 0 N–H and O–H groups in total. The van der Waals surface area contributed by atoms with Crippen LogP contribution < -0.4 is 0 Å². The van der Waals surface area contributed by atoms with E-state index < -0.39 is 4.92 Å². The molecule has 0 unspecified atom stereocenters. The average Bonchev–Trinajstić information content (AvgIpc) is 2.77. The lowest BCUT2D eigenvalue weighted by atomic mass is 10.3. The molecule has 2 rings (SSSR count). The molecular formula is C10H13N3O2. The van der Waals surface area contributed by atoms with Crippen LogP contribution in [0.1, 0.15) is 13.8 Å². The Hall–Kier alpha value is -1.78. The highest BCUT2D eigenvalue weighted by atomic mass is 16.6. The van der Waals surface area contributed by atoms with Crippen molar-refractivity contribution in [1.29, 1.82) is 0 Å². The SMILES string of the molecule is CC1=NCC=C1.CC1=NCC=C1[N+](=O)[O-]. The molecule has 0 atom stereocenters. The molecule has 5 heteroatoms. The van der Waals surface area contributed by atoms with Crippen LogP contribution in [0.3, 0.4) is 0 Å². The van der Waals surface area contributed by atoms with Crippen molar-refractivity contribution in [1.82, 2.24) is 0 Å². The molecule has 2 aliphatic heterocycles. The summed E-state index contributed by atoms with van der Waals surface area (Å²) >= 11 is 0. The van der Waals surface area contributed by atoms with E-state index in [2.05, 4.69) is 16.1 Å². The second-order valence-electron chi connectivity index (χ2n) is 3.16. The van der Waals surface area contributed by atoms with Gasteiger partial charge in [-0.2, -0.15) is 0 Å². The van der Waals surface area contributed by atoms with Crippen LogP contribution in [0.5, 0.6) is 0 Å². The molecule has 0 radical (unpaired) electrons. The fourth-order valence-electron chi connectivity index (χ4n) is 1.18. The van der Waals surface area contributed by atoms with Gasteiger partial charge in [-0.25, -0.2) is 0 Å². The fourth-order valence-corrected chi connectivity index (χ4v) is 1.18. The van der Waals surface area contributed by atoms with Crippen LogP contribution in [0.15, 0.2) is 33.9 Å². The van der Waals surface area contributed by atoms with Crippen LogP contribution in [0.4, 0.5) is 0 Å². The zero-order chi connectivity index (χ0) is 11.3. The Morgan fingerprint density at radius 1 is 1.33 bits per heavy atom. The predicted octanol–water partition coefficient (Wildman–Crippen LogP) is 1.64. The third-order valence-corrected chi connectivity index (χ3v) is 1.99. The fraction of sp³-hybridized carbons (Fsp3) is 0.400. The summed E-state index contributed by atoms with van der Waals surface area (Å²) in [6, 6.07) is 0. The number of nitro groups is 1. The van der Waals surface area contributed by atoms with Crippen molar-refractivity contribution >= 4 is 11.4 Å². The number of aliphatic imine (C=N–C) groups is 2. The third kappa shape index (κ3) is 3.46. The van der Waals surface area contributed by atoms with Crippen LogP contribution in [-0.4, -0.2) is 29.4 Å². The summed E-state index contributed by atoms with van der Waals surface area (Å²) < 4.78 is 0. The van der Waals surface area contributed by atoms with Crippen molar-refractivity contribution in [3.05, 3.63) is 34.0 Å². The molecule has 2 heterocycles. The maximum atomic E-state index is 10.1. The first kappa shape index (κ1) is 11.3. The highest BCUT2D eigenvalue weighted by Crippen LogP contribution is 2.05. The normalized spacial score (nSPS) is 17.6. The molecule has 80 valence electrons. The summed E-state index contributed by atoms with van der Waals surface area (Å²) in [7, 11) is 0. The summed E-state index contributed by atoms with van der Waals surface area (Å²) in [5.41, 5.74) is 1.82. The topological polar surface area (TPSA) is 67.9 Å². The minimum Gasteiger partial charge on any atom is -0.286 e. The Bertz CT molecular complexity index is 375. The summed E-state index contributed by atoms with van der Waals surface area (Å²) in [6.45, 7) is 5.00. The smallest absolute Gasteiger partial charge is 0.286 e. The highest BCUT2D eigenvalue weighted by Gasteiger charge is 2.17. The van der Waals surface area contributed by atoms with Gasteiger partial charge in [0.05, 0.1) is 18.0 Å². The molecule has 0 spiro atoms. The van der Waals surface area contributed by atoms with Gasteiger partial charge in [0.1, 0.15) is 5.71 Å². The minimum atomic E-state index is -0.411. The van der Waals surface area contributed by atoms with E-state index in [0.29, 0.717) is 12.3 Å². The molecule has 0 saturated carbocycles. The van der Waals surface area contributed by atoms with Gasteiger partial charge in [-0.15, -0.1) is 0 Å². The van der Waals surface area contributed by atoms with Gasteiger partial charge >= 0.3 is 0 Å². The predicted molar refractivity (Wildman–Crippen MR) is 60.2 cm³/mol. The summed E-state index contributed by atoms with van der Waals surface area (Å²) in [5.74, 6) is 0. The molecule has 2 aliphatic rings. The Balaban J connectivity index is 0.000000162. The molecule has 0 aromatic rings. The molecule has 0 saturated heterocycles. The van der Waals surface area contributed by atoms with Crippen LogP contribution >= 0.6 is 0 Å². The Morgan fingerprint density at radius 2 is 2.07 bits per heavy atom. The van der Waals surface area contributed by atoms with E-state index in [0.717, 1.165) is 12.3 Å². The molecule has 5 nitrogen and oxygen atoms in total. The first-order chi connectivity index (χ1) is 7.11. The van der Waals surface area contributed by atoms with Gasteiger partial charge in [0.15, 0.2) is 0 Å². The van der Waals surface area contributed by atoms with E-state index in [9.17, 15) is 10.1 Å². The van der Waals surface area contributed by atoms with E-state index >= 15 is 0 Å². The van der Waals surface area contributed by atoms with Gasteiger partial charge < -0.3 is 0 Å². The zero-order valence-electron chi connectivity index (χ0n) is 8.80. The van der Waals surface area contributed by atoms with Crippen LogP contribution in [0.25, 0.3) is 0 Å². The molecule has 0 fully saturated rings. The molecule has 0 bridgehead atoms. The van der Waals surface area contributed by atoms with Crippen molar-refractivity contribution in [3.63, 3.8) is 0 Å². The van der Waals surface area contributed by atoms with E-state index in [-0.39, 0.29) is 5.70 Å². The van der Waals surface area contributed by atoms with Gasteiger partial charge in [-0.1, -0.05) is 6.08 Å². The van der Waals surface area contributed by atoms with Gasteiger partial charge in [-0.3, -0.25) is 20.1 Å². The van der Waals surface area contributed by atoms with E-state index in [4.69, 9.17) is 0 Å². The molecule has 0 amide bonds. The third-order valence-electron chi connectivity index (χ3n) is 1.99. The van der Waals surface area contributed by atoms with Gasteiger partial charge in [0.25, 0.3) is 5.70 Å². The second kappa shape index (κ2) is 5.19. The molecule has 0 aliphatic carbocycles. The van der Waals surface area contributed by atoms with Crippen molar-refractivity contribution in [2.24, 2.45) is 9.98 Å². The maximum absolute atomic E-state index is 10.1. The lowest BCUT2D eigenvalue weighted by molar-refractivity contribution is -0.414. The monoisotopic (exact) mass is 207 g/mol. The number of rotatable bonds is 1. The van der Waals surface area contributed by atoms with Crippen LogP contribution in [-0.2, 0) is 0 Å². The number of nitrogens with zero attached hydrogens (tertiary/aromatic N) is 3. The lowest BCUT2D eigenvalue weighted by Gasteiger charge is -1.87. The van der Waals surface area contributed by atoms with E-state index in [1.54, 1.807) is 6.92 Å². The second-order valence-corrected chi connectivity index (χ2v) is 3.16. The first-order valence-electron chi connectivity index (χ1n) is 4.65.